The Morgan fingerprint density at radius 1 is 1.42 bits per heavy atom. The van der Waals surface area contributed by atoms with Gasteiger partial charge >= 0.3 is 0 Å². The lowest BCUT2D eigenvalue weighted by Gasteiger charge is -2.21. The SMILES string of the molecule is CCNC(=NCCc1ccc(OC)cc1O)N(C)Cc1ncnn1C.I. The van der Waals surface area contributed by atoms with Gasteiger partial charge in [-0.05, 0) is 25.0 Å². The highest BCUT2D eigenvalue weighted by molar-refractivity contribution is 14.0. The molecule has 0 atom stereocenters. The van der Waals surface area contributed by atoms with Crippen LogP contribution in [-0.2, 0) is 20.0 Å². The first kappa shape index (κ1) is 22.0. The first-order valence-electron chi connectivity index (χ1n) is 8.23. The van der Waals surface area contributed by atoms with E-state index in [2.05, 4.69) is 20.4 Å². The number of halogens is 1. The summed E-state index contributed by atoms with van der Waals surface area (Å²) in [7, 11) is 5.40. The van der Waals surface area contributed by atoms with Crippen LogP contribution in [0.2, 0.25) is 0 Å². The maximum absolute atomic E-state index is 10.0. The van der Waals surface area contributed by atoms with Crippen molar-refractivity contribution in [3.63, 3.8) is 0 Å². The molecule has 9 heteroatoms. The van der Waals surface area contributed by atoms with Crippen molar-refractivity contribution < 1.29 is 9.84 Å². The summed E-state index contributed by atoms with van der Waals surface area (Å²) in [6, 6.07) is 5.31. The number of nitrogens with zero attached hydrogens (tertiary/aromatic N) is 5. The Balaban J connectivity index is 0.00000338. The molecule has 1 aromatic heterocycles. The second-order valence-electron chi connectivity index (χ2n) is 5.64. The van der Waals surface area contributed by atoms with Crippen LogP contribution in [0.3, 0.4) is 0 Å². The predicted octanol–water partition coefficient (Wildman–Crippen LogP) is 1.79. The molecular formula is C17H27IN6O2. The lowest BCUT2D eigenvalue weighted by molar-refractivity contribution is 0.406. The molecule has 2 rings (SSSR count). The van der Waals surface area contributed by atoms with E-state index in [1.165, 1.54) is 0 Å². The molecule has 0 radical (unpaired) electrons. The van der Waals surface area contributed by atoms with Gasteiger partial charge in [0.1, 0.15) is 23.7 Å². The molecule has 26 heavy (non-hydrogen) atoms. The lowest BCUT2D eigenvalue weighted by Crippen LogP contribution is -2.39. The Kier molecular flexibility index (Phi) is 9.17. The molecule has 0 saturated heterocycles. The van der Waals surface area contributed by atoms with Gasteiger partial charge in [0.05, 0.1) is 13.7 Å². The third-order valence-electron chi connectivity index (χ3n) is 3.82. The normalized spacial score (nSPS) is 11.0. The maximum atomic E-state index is 10.0. The van der Waals surface area contributed by atoms with Crippen molar-refractivity contribution >= 4 is 29.9 Å². The third kappa shape index (κ3) is 6.04. The van der Waals surface area contributed by atoms with Crippen LogP contribution < -0.4 is 10.1 Å². The number of benzene rings is 1. The number of guanidine groups is 1. The van der Waals surface area contributed by atoms with E-state index in [9.17, 15) is 5.11 Å². The molecule has 1 aromatic carbocycles. The molecule has 0 fully saturated rings. The van der Waals surface area contributed by atoms with Crippen molar-refractivity contribution in [1.29, 1.82) is 0 Å². The number of rotatable bonds is 7. The molecule has 8 nitrogen and oxygen atoms in total. The van der Waals surface area contributed by atoms with E-state index in [1.807, 2.05) is 38.1 Å². The maximum Gasteiger partial charge on any atom is 0.194 e. The quantitative estimate of drug-likeness (QED) is 0.362. The van der Waals surface area contributed by atoms with E-state index in [-0.39, 0.29) is 29.7 Å². The number of methoxy groups -OCH3 is 1. The summed E-state index contributed by atoms with van der Waals surface area (Å²) < 4.78 is 6.84. The summed E-state index contributed by atoms with van der Waals surface area (Å²) in [6.45, 7) is 3.97. The van der Waals surface area contributed by atoms with Crippen LogP contribution in [0.1, 0.15) is 18.3 Å². The number of phenols is 1. The van der Waals surface area contributed by atoms with Crippen molar-refractivity contribution in [3.05, 3.63) is 35.9 Å². The number of phenolic OH excluding ortho intramolecular Hbond substituents is 1. The van der Waals surface area contributed by atoms with E-state index < -0.39 is 0 Å². The summed E-state index contributed by atoms with van der Waals surface area (Å²) in [6.07, 6.45) is 2.18. The Morgan fingerprint density at radius 3 is 2.77 bits per heavy atom. The summed E-state index contributed by atoms with van der Waals surface area (Å²) in [5.41, 5.74) is 0.844. The highest BCUT2D eigenvalue weighted by Crippen LogP contribution is 2.23. The number of nitrogens with one attached hydrogen (secondary N) is 1. The van der Waals surface area contributed by atoms with E-state index in [0.29, 0.717) is 25.3 Å². The topological polar surface area (TPSA) is 87.8 Å². The molecule has 0 unspecified atom stereocenters. The van der Waals surface area contributed by atoms with Crippen molar-refractivity contribution in [1.82, 2.24) is 25.0 Å². The first-order chi connectivity index (χ1) is 12.0. The van der Waals surface area contributed by atoms with E-state index in [1.54, 1.807) is 24.2 Å². The molecule has 0 saturated carbocycles. The van der Waals surface area contributed by atoms with Gasteiger partial charge in [0.25, 0.3) is 0 Å². The van der Waals surface area contributed by atoms with Crippen LogP contribution in [0.4, 0.5) is 0 Å². The van der Waals surface area contributed by atoms with Gasteiger partial charge in [-0.25, -0.2) is 4.98 Å². The van der Waals surface area contributed by atoms with Crippen LogP contribution in [0.25, 0.3) is 0 Å². The van der Waals surface area contributed by atoms with Gasteiger partial charge in [-0.3, -0.25) is 9.67 Å². The highest BCUT2D eigenvalue weighted by atomic mass is 127. The zero-order valence-corrected chi connectivity index (χ0v) is 18.0. The van der Waals surface area contributed by atoms with Crippen molar-refractivity contribution in [2.45, 2.75) is 19.9 Å². The van der Waals surface area contributed by atoms with Crippen molar-refractivity contribution in [3.8, 4) is 11.5 Å². The summed E-state index contributed by atoms with van der Waals surface area (Å²) in [4.78, 5) is 10.9. The number of aryl methyl sites for hydroxylation is 1. The molecule has 2 N–H and O–H groups in total. The Hall–Kier alpha value is -2.04. The van der Waals surface area contributed by atoms with E-state index >= 15 is 0 Å². The fourth-order valence-corrected chi connectivity index (χ4v) is 2.38. The van der Waals surface area contributed by atoms with Gasteiger partial charge in [0, 0.05) is 33.3 Å². The van der Waals surface area contributed by atoms with Gasteiger partial charge in [-0.15, -0.1) is 24.0 Å². The molecule has 0 bridgehead atoms. The van der Waals surface area contributed by atoms with Gasteiger partial charge in [-0.1, -0.05) is 6.07 Å². The predicted molar refractivity (Wildman–Crippen MR) is 112 cm³/mol. The highest BCUT2D eigenvalue weighted by Gasteiger charge is 2.10. The average molecular weight is 474 g/mol. The molecule has 0 aliphatic rings. The minimum absolute atomic E-state index is 0. The van der Waals surface area contributed by atoms with Crippen LogP contribution >= 0.6 is 24.0 Å². The van der Waals surface area contributed by atoms with Crippen molar-refractivity contribution in [2.75, 3.05) is 27.2 Å². The minimum atomic E-state index is 0. The second-order valence-corrected chi connectivity index (χ2v) is 5.64. The molecule has 144 valence electrons. The number of aromatic hydroxyl groups is 1. The zero-order chi connectivity index (χ0) is 18.2. The van der Waals surface area contributed by atoms with E-state index in [0.717, 1.165) is 23.9 Å². The molecule has 2 aromatic rings. The minimum Gasteiger partial charge on any atom is -0.508 e. The Morgan fingerprint density at radius 2 is 2.19 bits per heavy atom. The van der Waals surface area contributed by atoms with Gasteiger partial charge in [0.2, 0.25) is 0 Å². The molecular weight excluding hydrogens is 447 g/mol. The van der Waals surface area contributed by atoms with Crippen LogP contribution in [0.15, 0.2) is 29.5 Å². The summed E-state index contributed by atoms with van der Waals surface area (Å²) >= 11 is 0. The van der Waals surface area contributed by atoms with Gasteiger partial charge < -0.3 is 20.1 Å². The van der Waals surface area contributed by atoms with Crippen LogP contribution in [0.5, 0.6) is 11.5 Å². The number of aromatic nitrogens is 3. The smallest absolute Gasteiger partial charge is 0.194 e. The molecule has 0 aliphatic carbocycles. The average Bonchev–Trinajstić information content (AvgIpc) is 3.00. The summed E-state index contributed by atoms with van der Waals surface area (Å²) in [5.74, 6) is 2.52. The number of aliphatic imine (C=N–C) groups is 1. The number of hydrogen-bond donors (Lipinski definition) is 2. The van der Waals surface area contributed by atoms with Gasteiger partial charge in [0.15, 0.2) is 5.96 Å². The second kappa shape index (κ2) is 10.8. The van der Waals surface area contributed by atoms with Crippen LogP contribution in [0, 0.1) is 0 Å². The zero-order valence-electron chi connectivity index (χ0n) is 15.6. The van der Waals surface area contributed by atoms with Crippen LogP contribution in [-0.4, -0.2) is 58.0 Å². The molecule has 0 aliphatic heterocycles. The monoisotopic (exact) mass is 474 g/mol. The molecule has 1 heterocycles. The largest absolute Gasteiger partial charge is 0.508 e. The lowest BCUT2D eigenvalue weighted by atomic mass is 10.1. The number of ether oxygens (including phenoxy) is 1. The number of hydrogen-bond acceptors (Lipinski definition) is 5. The fourth-order valence-electron chi connectivity index (χ4n) is 2.38. The molecule has 0 amide bonds. The fraction of sp³-hybridized carbons (Fsp3) is 0.471. The van der Waals surface area contributed by atoms with E-state index in [4.69, 9.17) is 4.74 Å². The molecule has 0 spiro atoms. The Labute approximate surface area is 171 Å². The summed E-state index contributed by atoms with van der Waals surface area (Å²) in [5, 5.41) is 17.4. The third-order valence-corrected chi connectivity index (χ3v) is 3.82. The standard InChI is InChI=1S/C17H26N6O2.HI/c1-5-18-17(22(2)11-16-20-12-21-23(16)3)19-9-8-13-6-7-14(25-4)10-15(13)24;/h6-7,10,12,24H,5,8-9,11H2,1-4H3,(H,18,19);1H. The van der Waals surface area contributed by atoms with Gasteiger partial charge in [-0.2, -0.15) is 5.10 Å². The Bertz CT molecular complexity index is 719. The van der Waals surface area contributed by atoms with Crippen molar-refractivity contribution in [2.24, 2.45) is 12.0 Å². The first-order valence-corrected chi connectivity index (χ1v) is 8.23.